The highest BCUT2D eigenvalue weighted by atomic mass is 31.2. The molecule has 1 N–H and O–H groups in total. The zero-order valence-corrected chi connectivity index (χ0v) is 21.4. The van der Waals surface area contributed by atoms with E-state index in [0.717, 1.165) is 25.7 Å². The molecule has 1 aliphatic rings. The topological polar surface area (TPSA) is 117 Å². The van der Waals surface area contributed by atoms with E-state index >= 15 is 0 Å². The van der Waals surface area contributed by atoms with Gasteiger partial charge < -0.3 is 13.8 Å². The third kappa shape index (κ3) is 7.80. The van der Waals surface area contributed by atoms with Gasteiger partial charge in [-0.2, -0.15) is 5.09 Å². The van der Waals surface area contributed by atoms with E-state index in [0.29, 0.717) is 5.92 Å². The molecular weight excluding hydrogens is 471 g/mol. The number of hydrogen-bond acceptors (Lipinski definition) is 7. The van der Waals surface area contributed by atoms with Crippen LogP contribution < -0.4 is 14.1 Å². The number of nitrogens with zero attached hydrogens (tertiary/aromatic N) is 1. The zero-order chi connectivity index (χ0) is 25.6. The Labute approximate surface area is 205 Å². The summed E-state index contributed by atoms with van der Waals surface area (Å²) in [6.07, 6.45) is 3.37. The molecule has 0 spiro atoms. The fourth-order valence-electron chi connectivity index (χ4n) is 4.06. The van der Waals surface area contributed by atoms with E-state index in [1.807, 2.05) is 0 Å². The lowest BCUT2D eigenvalue weighted by Crippen LogP contribution is -2.39. The molecule has 0 amide bonds. The number of rotatable bonds is 9. The van der Waals surface area contributed by atoms with Crippen LogP contribution in [0, 0.1) is 21.4 Å². The van der Waals surface area contributed by atoms with Crippen molar-refractivity contribution in [3.8, 4) is 11.5 Å². The van der Waals surface area contributed by atoms with Gasteiger partial charge in [-0.15, -0.1) is 0 Å². The maximum Gasteiger partial charge on any atom is 0.513 e. The predicted octanol–water partition coefficient (Wildman–Crippen LogP) is 6.29. The van der Waals surface area contributed by atoms with E-state index in [1.165, 1.54) is 31.2 Å². The Kier molecular flexibility index (Phi) is 8.56. The first-order valence-corrected chi connectivity index (χ1v) is 13.3. The highest BCUT2D eigenvalue weighted by Crippen LogP contribution is 2.46. The number of para-hydroxylation sites is 1. The monoisotopic (exact) mass is 504 g/mol. The fraction of sp³-hybridized carbons (Fsp3) is 0.480. The van der Waals surface area contributed by atoms with Crippen molar-refractivity contribution >= 4 is 19.4 Å². The fourth-order valence-corrected chi connectivity index (χ4v) is 5.58. The number of nitrogens with one attached hydrogen (secondary N) is 1. The lowest BCUT2D eigenvalue weighted by molar-refractivity contribution is -0.384. The van der Waals surface area contributed by atoms with Crippen molar-refractivity contribution in [2.45, 2.75) is 65.5 Å². The number of nitro groups is 1. The second kappa shape index (κ2) is 11.2. The molecule has 0 unspecified atom stereocenters. The number of ether oxygens (including phenoxy) is 1. The standard InChI is InChI=1S/C25H33N2O7P/c1-18(24(28)32-21-14-10-19(11-15-21)25(2,3)4)26-35(31,33-22-8-6-5-7-9-22)34-23-16-12-20(13-17-23)27(29)30/h5-9,12-13,16-19,21H,10-11,14-15H2,1-4H3,(H,26,31)/t18-,19-,21-,35-/m0/s1. The average molecular weight is 505 g/mol. The van der Waals surface area contributed by atoms with Crippen molar-refractivity contribution in [2.24, 2.45) is 11.3 Å². The van der Waals surface area contributed by atoms with Gasteiger partial charge in [-0.3, -0.25) is 14.9 Å². The van der Waals surface area contributed by atoms with E-state index in [1.54, 1.807) is 30.3 Å². The maximum atomic E-state index is 13.6. The van der Waals surface area contributed by atoms with Gasteiger partial charge in [-0.05, 0) is 68.2 Å². The normalized spacial score (nSPS) is 20.8. The number of esters is 1. The highest BCUT2D eigenvalue weighted by Gasteiger charge is 2.36. The molecule has 2 atom stereocenters. The first-order valence-electron chi connectivity index (χ1n) is 11.7. The van der Waals surface area contributed by atoms with Crippen LogP contribution >= 0.6 is 7.75 Å². The van der Waals surface area contributed by atoms with E-state index in [9.17, 15) is 19.5 Å². The number of nitro benzene ring substituents is 1. The largest absolute Gasteiger partial charge is 0.513 e. The number of non-ortho nitro benzene ring substituents is 1. The summed E-state index contributed by atoms with van der Waals surface area (Å²) in [4.78, 5) is 23.2. The Balaban J connectivity index is 1.67. The lowest BCUT2D eigenvalue weighted by atomic mass is 9.72. The van der Waals surface area contributed by atoms with Crippen molar-refractivity contribution in [3.63, 3.8) is 0 Å². The molecule has 2 aromatic carbocycles. The first kappa shape index (κ1) is 26.7. The molecule has 3 rings (SSSR count). The third-order valence-corrected chi connectivity index (χ3v) is 7.73. The zero-order valence-electron chi connectivity index (χ0n) is 20.5. The molecule has 0 heterocycles. The summed E-state index contributed by atoms with van der Waals surface area (Å²) in [6, 6.07) is 12.5. The minimum Gasteiger partial charge on any atom is -0.461 e. The SMILES string of the molecule is C[C@H](N[P@](=O)(Oc1ccccc1)Oc1ccc([N+](=O)[O-])cc1)C(=O)O[C@H]1CC[C@H](C(C)(C)C)CC1. The Morgan fingerprint density at radius 2 is 1.54 bits per heavy atom. The Morgan fingerprint density at radius 3 is 2.06 bits per heavy atom. The Bertz CT molecular complexity index is 1050. The van der Waals surface area contributed by atoms with Gasteiger partial charge in [0.1, 0.15) is 23.6 Å². The first-order chi connectivity index (χ1) is 16.4. The highest BCUT2D eigenvalue weighted by molar-refractivity contribution is 7.52. The van der Waals surface area contributed by atoms with Crippen molar-refractivity contribution in [1.29, 1.82) is 0 Å². The molecule has 0 saturated heterocycles. The van der Waals surface area contributed by atoms with Crippen LogP contribution in [0.15, 0.2) is 54.6 Å². The lowest BCUT2D eigenvalue weighted by Gasteiger charge is -2.36. The molecule has 0 aromatic heterocycles. The molecule has 0 bridgehead atoms. The van der Waals surface area contributed by atoms with Gasteiger partial charge in [0, 0.05) is 12.1 Å². The minimum atomic E-state index is -4.12. The molecular formula is C25H33N2O7P. The molecule has 35 heavy (non-hydrogen) atoms. The van der Waals surface area contributed by atoms with Gasteiger partial charge >= 0.3 is 13.7 Å². The van der Waals surface area contributed by atoms with Crippen LogP contribution in [0.2, 0.25) is 0 Å². The van der Waals surface area contributed by atoms with Crippen LogP contribution in [0.3, 0.4) is 0 Å². The van der Waals surface area contributed by atoms with Crippen molar-refractivity contribution in [2.75, 3.05) is 0 Å². The number of benzene rings is 2. The molecule has 10 heteroatoms. The van der Waals surface area contributed by atoms with Crippen molar-refractivity contribution in [1.82, 2.24) is 5.09 Å². The maximum absolute atomic E-state index is 13.6. The quantitative estimate of drug-likeness (QED) is 0.183. The molecule has 1 fully saturated rings. The third-order valence-electron chi connectivity index (χ3n) is 6.13. The second-order valence-corrected chi connectivity index (χ2v) is 11.5. The van der Waals surface area contributed by atoms with Crippen LogP contribution in [0.25, 0.3) is 0 Å². The van der Waals surface area contributed by atoms with Gasteiger partial charge in [0.2, 0.25) is 0 Å². The molecule has 1 saturated carbocycles. The van der Waals surface area contributed by atoms with Gasteiger partial charge in [0.05, 0.1) is 4.92 Å². The summed E-state index contributed by atoms with van der Waals surface area (Å²) >= 11 is 0. The summed E-state index contributed by atoms with van der Waals surface area (Å²) in [7, 11) is -4.12. The van der Waals surface area contributed by atoms with Crippen molar-refractivity contribution < 1.29 is 28.1 Å². The second-order valence-electron chi connectivity index (χ2n) is 9.87. The smallest absolute Gasteiger partial charge is 0.461 e. The van der Waals surface area contributed by atoms with Crippen LogP contribution in [0.1, 0.15) is 53.4 Å². The van der Waals surface area contributed by atoms with Gasteiger partial charge in [0.25, 0.3) is 5.69 Å². The number of hydrogen-bond donors (Lipinski definition) is 1. The number of carbonyl (C=O) groups is 1. The number of carbonyl (C=O) groups excluding carboxylic acids is 1. The van der Waals surface area contributed by atoms with E-state index in [-0.39, 0.29) is 28.7 Å². The molecule has 0 aliphatic heterocycles. The summed E-state index contributed by atoms with van der Waals surface area (Å²) in [5.74, 6) is 0.394. The van der Waals surface area contributed by atoms with Gasteiger partial charge in [0.15, 0.2) is 0 Å². The Morgan fingerprint density at radius 1 is 1.00 bits per heavy atom. The predicted molar refractivity (Wildman–Crippen MR) is 132 cm³/mol. The average Bonchev–Trinajstić information content (AvgIpc) is 2.79. The molecule has 190 valence electrons. The molecule has 2 aromatic rings. The van der Waals surface area contributed by atoms with E-state index in [2.05, 4.69) is 25.9 Å². The van der Waals surface area contributed by atoms with Crippen LogP contribution in [-0.2, 0) is 14.1 Å². The van der Waals surface area contributed by atoms with Gasteiger partial charge in [-0.25, -0.2) is 4.57 Å². The summed E-state index contributed by atoms with van der Waals surface area (Å²) < 4.78 is 30.5. The van der Waals surface area contributed by atoms with Crippen molar-refractivity contribution in [3.05, 3.63) is 64.7 Å². The van der Waals surface area contributed by atoms with Crippen LogP contribution in [0.5, 0.6) is 11.5 Å². The summed E-state index contributed by atoms with van der Waals surface area (Å²) in [6.45, 7) is 8.21. The molecule has 9 nitrogen and oxygen atoms in total. The molecule has 1 aliphatic carbocycles. The summed E-state index contributed by atoms with van der Waals surface area (Å²) in [5, 5.41) is 13.6. The van der Waals surface area contributed by atoms with Gasteiger partial charge in [-0.1, -0.05) is 39.0 Å². The van der Waals surface area contributed by atoms with E-state index in [4.69, 9.17) is 13.8 Å². The van der Waals surface area contributed by atoms with E-state index < -0.39 is 24.7 Å². The summed E-state index contributed by atoms with van der Waals surface area (Å²) in [5.41, 5.74) is 0.0859. The Hall–Kier alpha value is -2.90. The van der Waals surface area contributed by atoms with Crippen LogP contribution in [0.4, 0.5) is 5.69 Å². The molecule has 0 radical (unpaired) electrons. The minimum absolute atomic E-state index is 0.0865. The van der Waals surface area contributed by atoms with Crippen LogP contribution in [-0.4, -0.2) is 23.0 Å².